The van der Waals surface area contributed by atoms with Crippen LogP contribution in [0.3, 0.4) is 0 Å². The number of carbonyl (C=O) groups is 1. The molecule has 1 aromatic carbocycles. The fraction of sp³-hybridized carbons (Fsp3) is 0.562. The summed E-state index contributed by atoms with van der Waals surface area (Å²) in [7, 11) is 0. The summed E-state index contributed by atoms with van der Waals surface area (Å²) >= 11 is 0. The lowest BCUT2D eigenvalue weighted by Crippen LogP contribution is -2.45. The molecule has 0 aliphatic carbocycles. The number of hydrogen-bond donors (Lipinski definition) is 2. The number of ether oxygens (including phenoxy) is 1. The highest BCUT2D eigenvalue weighted by Crippen LogP contribution is 2.25. The molecule has 0 fully saturated rings. The van der Waals surface area contributed by atoms with Crippen molar-refractivity contribution in [3.63, 3.8) is 0 Å². The number of nitrogens with two attached hydrogens (primary N) is 1. The number of nitrogens with one attached hydrogen (secondary N) is 1. The van der Waals surface area contributed by atoms with Crippen LogP contribution in [0.25, 0.3) is 0 Å². The fourth-order valence-electron chi connectivity index (χ4n) is 2.19. The molecule has 4 nitrogen and oxygen atoms in total. The van der Waals surface area contributed by atoms with E-state index in [1.54, 1.807) is 12.1 Å². The minimum atomic E-state index is -4.36. The van der Waals surface area contributed by atoms with Gasteiger partial charge in [-0.1, -0.05) is 26.0 Å². The first kappa shape index (κ1) is 22.5. The average molecular weight is 369 g/mol. The van der Waals surface area contributed by atoms with Crippen molar-refractivity contribution in [3.8, 4) is 5.75 Å². The van der Waals surface area contributed by atoms with Gasteiger partial charge in [-0.15, -0.1) is 12.4 Å². The first-order chi connectivity index (χ1) is 10.8. The summed E-state index contributed by atoms with van der Waals surface area (Å²) < 4.78 is 40.8. The molecule has 24 heavy (non-hydrogen) atoms. The fourth-order valence-corrected chi connectivity index (χ4v) is 2.19. The SMILES string of the molecule is CCC(CC)(CN)C(=O)NCc1ccc(OCC(F)(F)F)cc1.Cl. The monoisotopic (exact) mass is 368 g/mol. The van der Waals surface area contributed by atoms with Crippen LogP contribution in [-0.2, 0) is 11.3 Å². The van der Waals surface area contributed by atoms with Gasteiger partial charge in [-0.3, -0.25) is 4.79 Å². The van der Waals surface area contributed by atoms with Crippen molar-refractivity contribution in [2.75, 3.05) is 13.2 Å². The van der Waals surface area contributed by atoms with Gasteiger partial charge in [-0.25, -0.2) is 0 Å². The second kappa shape index (κ2) is 9.74. The maximum atomic E-state index is 12.3. The molecule has 3 N–H and O–H groups in total. The number of hydrogen-bond acceptors (Lipinski definition) is 3. The lowest BCUT2D eigenvalue weighted by atomic mass is 9.81. The van der Waals surface area contributed by atoms with E-state index in [9.17, 15) is 18.0 Å². The lowest BCUT2D eigenvalue weighted by molar-refractivity contribution is -0.153. The zero-order valence-electron chi connectivity index (χ0n) is 13.8. The van der Waals surface area contributed by atoms with Gasteiger partial charge in [-0.2, -0.15) is 13.2 Å². The molecule has 8 heteroatoms. The highest BCUT2D eigenvalue weighted by Gasteiger charge is 2.33. The Bertz CT molecular complexity index is 495. The predicted octanol–water partition coefficient (Wildman–Crippen LogP) is 3.43. The Morgan fingerprint density at radius 1 is 1.17 bits per heavy atom. The summed E-state index contributed by atoms with van der Waals surface area (Å²) in [6, 6.07) is 6.13. The van der Waals surface area contributed by atoms with Crippen molar-refractivity contribution < 1.29 is 22.7 Å². The first-order valence-electron chi connectivity index (χ1n) is 7.53. The van der Waals surface area contributed by atoms with Crippen LogP contribution in [0, 0.1) is 5.41 Å². The molecule has 0 aliphatic rings. The largest absolute Gasteiger partial charge is 0.484 e. The van der Waals surface area contributed by atoms with E-state index >= 15 is 0 Å². The second-order valence-corrected chi connectivity index (χ2v) is 5.42. The van der Waals surface area contributed by atoms with Gasteiger partial charge in [0.1, 0.15) is 5.75 Å². The Kier molecular flexibility index (Phi) is 9.14. The molecule has 0 heterocycles. The molecule has 0 saturated heterocycles. The summed E-state index contributed by atoms with van der Waals surface area (Å²) in [5.41, 5.74) is 5.92. The smallest absolute Gasteiger partial charge is 0.422 e. The van der Waals surface area contributed by atoms with Crippen LogP contribution in [0.2, 0.25) is 0 Å². The summed E-state index contributed by atoms with van der Waals surface area (Å²) in [5.74, 6) is 0.0261. The molecule has 0 atom stereocenters. The van der Waals surface area contributed by atoms with E-state index < -0.39 is 18.2 Å². The number of carbonyl (C=O) groups excluding carboxylic acids is 1. The summed E-state index contributed by atoms with van der Waals surface area (Å²) in [4.78, 5) is 12.3. The quantitative estimate of drug-likeness (QED) is 0.738. The Balaban J connectivity index is 0.00000529. The molecule has 0 radical (unpaired) electrons. The van der Waals surface area contributed by atoms with E-state index in [1.165, 1.54) is 12.1 Å². The summed E-state index contributed by atoms with van der Waals surface area (Å²) in [5, 5.41) is 2.83. The van der Waals surface area contributed by atoms with Gasteiger partial charge >= 0.3 is 6.18 Å². The van der Waals surface area contributed by atoms with Gasteiger partial charge in [0.05, 0.1) is 5.41 Å². The van der Waals surface area contributed by atoms with Crippen LogP contribution >= 0.6 is 12.4 Å². The van der Waals surface area contributed by atoms with Crippen molar-refractivity contribution in [3.05, 3.63) is 29.8 Å². The maximum Gasteiger partial charge on any atom is 0.422 e. The minimum Gasteiger partial charge on any atom is -0.484 e. The third kappa shape index (κ3) is 6.57. The molecular formula is C16H24ClF3N2O2. The number of halogens is 4. The molecule has 0 aromatic heterocycles. The highest BCUT2D eigenvalue weighted by atomic mass is 35.5. The zero-order chi connectivity index (χ0) is 17.5. The number of benzene rings is 1. The van der Waals surface area contributed by atoms with E-state index in [0.29, 0.717) is 19.4 Å². The summed E-state index contributed by atoms with van der Waals surface area (Å²) in [6.07, 6.45) is -3.06. The Labute approximate surface area is 146 Å². The van der Waals surface area contributed by atoms with Crippen LogP contribution in [-0.4, -0.2) is 25.2 Å². The van der Waals surface area contributed by atoms with Gasteiger partial charge in [0.25, 0.3) is 0 Å². The predicted molar refractivity (Wildman–Crippen MR) is 89.2 cm³/mol. The third-order valence-electron chi connectivity index (χ3n) is 4.00. The molecule has 1 amide bonds. The molecule has 0 spiro atoms. The molecule has 138 valence electrons. The number of rotatable bonds is 8. The van der Waals surface area contributed by atoms with Crippen LogP contribution in [0.4, 0.5) is 13.2 Å². The van der Waals surface area contributed by atoms with E-state index in [4.69, 9.17) is 5.73 Å². The molecule has 0 saturated carbocycles. The molecule has 1 rings (SSSR count). The normalized spacial score (nSPS) is 11.6. The van der Waals surface area contributed by atoms with E-state index in [1.807, 2.05) is 13.8 Å². The molecule has 0 unspecified atom stereocenters. The Morgan fingerprint density at radius 3 is 2.12 bits per heavy atom. The van der Waals surface area contributed by atoms with Crippen molar-refractivity contribution in [2.24, 2.45) is 11.1 Å². The van der Waals surface area contributed by atoms with Crippen LogP contribution in [0.5, 0.6) is 5.75 Å². The topological polar surface area (TPSA) is 64.4 Å². The van der Waals surface area contributed by atoms with Gasteiger partial charge in [0.2, 0.25) is 5.91 Å². The standard InChI is InChI=1S/C16H23F3N2O2.ClH/c1-3-15(4-2,10-20)14(22)21-9-12-5-7-13(8-6-12)23-11-16(17,18)19;/h5-8H,3-4,9-11,20H2,1-2H3,(H,21,22);1H. The van der Waals surface area contributed by atoms with Gasteiger partial charge in [-0.05, 0) is 30.5 Å². The maximum absolute atomic E-state index is 12.3. The molecule has 0 bridgehead atoms. The van der Waals surface area contributed by atoms with Gasteiger partial charge in [0.15, 0.2) is 6.61 Å². The lowest BCUT2D eigenvalue weighted by Gasteiger charge is -2.28. The van der Waals surface area contributed by atoms with Crippen LogP contribution in [0.1, 0.15) is 32.3 Å². The Morgan fingerprint density at radius 2 is 1.71 bits per heavy atom. The minimum absolute atomic E-state index is 0. The average Bonchev–Trinajstić information content (AvgIpc) is 2.53. The van der Waals surface area contributed by atoms with Crippen molar-refractivity contribution >= 4 is 18.3 Å². The molecular weight excluding hydrogens is 345 g/mol. The van der Waals surface area contributed by atoms with Crippen molar-refractivity contribution in [1.82, 2.24) is 5.32 Å². The first-order valence-corrected chi connectivity index (χ1v) is 7.53. The van der Waals surface area contributed by atoms with Crippen molar-refractivity contribution in [2.45, 2.75) is 39.4 Å². The zero-order valence-corrected chi connectivity index (χ0v) is 14.6. The highest BCUT2D eigenvalue weighted by molar-refractivity contribution is 5.85. The molecule has 0 aliphatic heterocycles. The number of amides is 1. The second-order valence-electron chi connectivity index (χ2n) is 5.42. The van der Waals surface area contributed by atoms with Gasteiger partial charge in [0, 0.05) is 13.1 Å². The van der Waals surface area contributed by atoms with Crippen LogP contribution in [0.15, 0.2) is 24.3 Å². The summed E-state index contributed by atoms with van der Waals surface area (Å²) in [6.45, 7) is 3.08. The van der Waals surface area contributed by atoms with Crippen LogP contribution < -0.4 is 15.8 Å². The van der Waals surface area contributed by atoms with Gasteiger partial charge < -0.3 is 15.8 Å². The Hall–Kier alpha value is -1.47. The van der Waals surface area contributed by atoms with Crippen molar-refractivity contribution in [1.29, 1.82) is 0 Å². The van der Waals surface area contributed by atoms with E-state index in [-0.39, 0.29) is 30.6 Å². The van der Waals surface area contributed by atoms with E-state index in [2.05, 4.69) is 10.1 Å². The molecule has 1 aromatic rings. The van der Waals surface area contributed by atoms with E-state index in [0.717, 1.165) is 5.56 Å². The number of alkyl halides is 3. The third-order valence-corrected chi connectivity index (χ3v) is 4.00.